The van der Waals surface area contributed by atoms with Gasteiger partial charge in [0.25, 0.3) is 0 Å². The van der Waals surface area contributed by atoms with Gasteiger partial charge in [-0.15, -0.1) is 0 Å². The molecule has 3 aliphatic carbocycles. The molecule has 0 spiro atoms. The summed E-state index contributed by atoms with van der Waals surface area (Å²) < 4.78 is 0. The average Bonchev–Trinajstić information content (AvgIpc) is 2.41. The standard InChI is InChI=1S/C20H34O/c1-12(2)16-8-6-14(4)17-9-7-15(5)20(21)18(16)10-13(3)11-19(17)20/h10,12,14-19,21H,6-9,11H2,1-5H3/t14?,15-,16?,17?,18?,19?,20-/m0/s1. The van der Waals surface area contributed by atoms with E-state index in [0.717, 1.165) is 18.3 Å². The van der Waals surface area contributed by atoms with Crippen LogP contribution in [0.25, 0.3) is 0 Å². The van der Waals surface area contributed by atoms with Gasteiger partial charge in [-0.2, -0.15) is 0 Å². The smallest absolute Gasteiger partial charge is 0.0772 e. The molecule has 3 rings (SSSR count). The molecule has 0 aliphatic heterocycles. The van der Waals surface area contributed by atoms with Crippen molar-refractivity contribution in [3.05, 3.63) is 11.6 Å². The molecule has 0 aromatic rings. The molecule has 120 valence electrons. The van der Waals surface area contributed by atoms with Crippen molar-refractivity contribution < 1.29 is 5.11 Å². The lowest BCUT2D eigenvalue weighted by atomic mass is 9.49. The molecule has 1 N–H and O–H groups in total. The maximum Gasteiger partial charge on any atom is 0.0772 e. The number of rotatable bonds is 1. The second-order valence-electron chi connectivity index (χ2n) is 8.84. The van der Waals surface area contributed by atoms with Crippen molar-refractivity contribution >= 4 is 0 Å². The first-order chi connectivity index (χ1) is 9.85. The van der Waals surface area contributed by atoms with Crippen LogP contribution in [0.15, 0.2) is 11.6 Å². The lowest BCUT2D eigenvalue weighted by molar-refractivity contribution is -0.176. The highest BCUT2D eigenvalue weighted by Gasteiger charge is 2.57. The second-order valence-corrected chi connectivity index (χ2v) is 8.84. The SMILES string of the molecule is CC1=CC2C(C(C)C)CCC(C)C3CC[C@H](C)[C@@]2(O)C3C1. The van der Waals surface area contributed by atoms with Gasteiger partial charge in [-0.3, -0.25) is 0 Å². The largest absolute Gasteiger partial charge is 0.389 e. The average molecular weight is 290 g/mol. The van der Waals surface area contributed by atoms with Gasteiger partial charge in [-0.1, -0.05) is 45.8 Å². The van der Waals surface area contributed by atoms with Crippen molar-refractivity contribution in [1.29, 1.82) is 0 Å². The lowest BCUT2D eigenvalue weighted by Gasteiger charge is -2.59. The molecular weight excluding hydrogens is 256 g/mol. The minimum Gasteiger partial charge on any atom is -0.389 e. The molecule has 3 aliphatic rings. The number of allylic oxidation sites excluding steroid dienone is 1. The fourth-order valence-electron chi connectivity index (χ4n) is 6.07. The first-order valence-corrected chi connectivity index (χ1v) is 9.25. The van der Waals surface area contributed by atoms with E-state index in [-0.39, 0.29) is 0 Å². The predicted octanol–water partition coefficient (Wildman–Crippen LogP) is 5.05. The highest BCUT2D eigenvalue weighted by atomic mass is 16.3. The van der Waals surface area contributed by atoms with Crippen LogP contribution in [0.2, 0.25) is 0 Å². The van der Waals surface area contributed by atoms with Gasteiger partial charge in [-0.05, 0) is 68.1 Å². The maximum atomic E-state index is 11.9. The van der Waals surface area contributed by atoms with Gasteiger partial charge in [0.1, 0.15) is 0 Å². The Balaban J connectivity index is 2.10. The minimum absolute atomic E-state index is 0.390. The molecule has 5 unspecified atom stereocenters. The summed E-state index contributed by atoms with van der Waals surface area (Å²) in [6.45, 7) is 11.8. The van der Waals surface area contributed by atoms with E-state index >= 15 is 0 Å². The first kappa shape index (κ1) is 15.6. The first-order valence-electron chi connectivity index (χ1n) is 9.25. The van der Waals surface area contributed by atoms with Crippen molar-refractivity contribution in [2.75, 3.05) is 0 Å². The summed E-state index contributed by atoms with van der Waals surface area (Å²) in [4.78, 5) is 0. The second kappa shape index (κ2) is 5.41. The summed E-state index contributed by atoms with van der Waals surface area (Å²) in [6, 6.07) is 0. The Hall–Kier alpha value is -0.300. The van der Waals surface area contributed by atoms with E-state index in [2.05, 4.69) is 40.7 Å². The van der Waals surface area contributed by atoms with Gasteiger partial charge < -0.3 is 5.11 Å². The predicted molar refractivity (Wildman–Crippen MR) is 88.9 cm³/mol. The van der Waals surface area contributed by atoms with Crippen LogP contribution in [0.3, 0.4) is 0 Å². The summed E-state index contributed by atoms with van der Waals surface area (Å²) in [5.74, 6) is 4.19. The van der Waals surface area contributed by atoms with Crippen molar-refractivity contribution in [2.45, 2.75) is 72.3 Å². The maximum absolute atomic E-state index is 11.9. The molecule has 21 heavy (non-hydrogen) atoms. The molecule has 0 amide bonds. The normalized spacial score (nSPS) is 50.3. The molecule has 2 saturated carbocycles. The van der Waals surface area contributed by atoms with Gasteiger partial charge >= 0.3 is 0 Å². The zero-order valence-corrected chi connectivity index (χ0v) is 14.6. The quantitative estimate of drug-likeness (QED) is 0.670. The topological polar surface area (TPSA) is 20.2 Å². The summed E-state index contributed by atoms with van der Waals surface area (Å²) in [6.07, 6.45) is 8.81. The summed E-state index contributed by atoms with van der Waals surface area (Å²) in [7, 11) is 0. The molecule has 1 heteroatoms. The molecule has 4 bridgehead atoms. The highest BCUT2D eigenvalue weighted by Crippen LogP contribution is 2.58. The Morgan fingerprint density at radius 2 is 1.86 bits per heavy atom. The number of aliphatic hydroxyl groups is 1. The van der Waals surface area contributed by atoms with Crippen LogP contribution < -0.4 is 0 Å². The van der Waals surface area contributed by atoms with Crippen molar-refractivity contribution in [2.24, 2.45) is 41.4 Å². The van der Waals surface area contributed by atoms with Crippen LogP contribution in [0, 0.1) is 41.4 Å². The van der Waals surface area contributed by atoms with Gasteiger partial charge in [0, 0.05) is 5.92 Å². The molecule has 0 radical (unpaired) electrons. The van der Waals surface area contributed by atoms with Crippen molar-refractivity contribution in [1.82, 2.24) is 0 Å². The number of hydrogen-bond acceptors (Lipinski definition) is 1. The van der Waals surface area contributed by atoms with Crippen LogP contribution in [-0.2, 0) is 0 Å². The summed E-state index contributed by atoms with van der Waals surface area (Å²) >= 11 is 0. The van der Waals surface area contributed by atoms with E-state index in [0.29, 0.717) is 29.6 Å². The Morgan fingerprint density at radius 1 is 1.14 bits per heavy atom. The Morgan fingerprint density at radius 3 is 2.52 bits per heavy atom. The Labute approximate surface area is 131 Å². The summed E-state index contributed by atoms with van der Waals surface area (Å²) in [5.41, 5.74) is 1.10. The van der Waals surface area contributed by atoms with Crippen LogP contribution >= 0.6 is 0 Å². The third-order valence-corrected chi connectivity index (χ3v) is 7.38. The van der Waals surface area contributed by atoms with Gasteiger partial charge in [0.15, 0.2) is 0 Å². The third kappa shape index (κ3) is 2.31. The zero-order valence-electron chi connectivity index (χ0n) is 14.6. The molecule has 7 atom stereocenters. The minimum atomic E-state index is -0.438. The third-order valence-electron chi connectivity index (χ3n) is 7.38. The molecule has 1 nitrogen and oxygen atoms in total. The van der Waals surface area contributed by atoms with Crippen molar-refractivity contribution in [3.8, 4) is 0 Å². The van der Waals surface area contributed by atoms with Gasteiger partial charge in [-0.25, -0.2) is 0 Å². The Kier molecular flexibility index (Phi) is 4.01. The molecule has 0 aromatic heterocycles. The van der Waals surface area contributed by atoms with Crippen LogP contribution in [0.4, 0.5) is 0 Å². The van der Waals surface area contributed by atoms with Crippen LogP contribution in [-0.4, -0.2) is 10.7 Å². The van der Waals surface area contributed by atoms with Crippen LogP contribution in [0.5, 0.6) is 0 Å². The molecular formula is C20H34O. The van der Waals surface area contributed by atoms with E-state index < -0.39 is 5.60 Å². The molecule has 0 aromatic carbocycles. The monoisotopic (exact) mass is 290 g/mol. The number of hydrogen-bond donors (Lipinski definition) is 1. The van der Waals surface area contributed by atoms with Gasteiger partial charge in [0.2, 0.25) is 0 Å². The fourth-order valence-corrected chi connectivity index (χ4v) is 6.07. The van der Waals surface area contributed by atoms with Gasteiger partial charge in [0.05, 0.1) is 5.60 Å². The molecule has 0 saturated heterocycles. The Bertz CT molecular complexity index is 424. The van der Waals surface area contributed by atoms with Crippen molar-refractivity contribution in [3.63, 3.8) is 0 Å². The van der Waals surface area contributed by atoms with E-state index in [9.17, 15) is 5.11 Å². The van der Waals surface area contributed by atoms with E-state index in [1.165, 1.54) is 31.3 Å². The fraction of sp³-hybridized carbons (Fsp3) is 0.900. The van der Waals surface area contributed by atoms with Crippen LogP contribution in [0.1, 0.15) is 66.7 Å². The lowest BCUT2D eigenvalue weighted by Crippen LogP contribution is -2.60. The zero-order chi connectivity index (χ0) is 15.4. The van der Waals surface area contributed by atoms with E-state index in [1.54, 1.807) is 0 Å². The molecule has 0 heterocycles. The highest BCUT2D eigenvalue weighted by molar-refractivity contribution is 5.21. The van der Waals surface area contributed by atoms with E-state index in [1.807, 2.05) is 0 Å². The van der Waals surface area contributed by atoms with E-state index in [4.69, 9.17) is 0 Å². The molecule has 2 fully saturated rings. The summed E-state index contributed by atoms with van der Waals surface area (Å²) in [5, 5.41) is 11.9.